The van der Waals surface area contributed by atoms with Gasteiger partial charge in [0, 0.05) is 31.5 Å². The van der Waals surface area contributed by atoms with Gasteiger partial charge >= 0.3 is 0 Å². The first-order chi connectivity index (χ1) is 14.0. The van der Waals surface area contributed by atoms with E-state index < -0.39 is 5.41 Å². The van der Waals surface area contributed by atoms with Gasteiger partial charge in [-0.15, -0.1) is 0 Å². The van der Waals surface area contributed by atoms with Crippen molar-refractivity contribution in [2.45, 2.75) is 25.2 Å². The maximum atomic E-state index is 12.8. The molecule has 1 aliphatic heterocycles. The molecule has 0 aliphatic carbocycles. The van der Waals surface area contributed by atoms with Gasteiger partial charge < -0.3 is 15.4 Å². The zero-order valence-corrected chi connectivity index (χ0v) is 17.2. The molecule has 1 aromatic carbocycles. The number of carbonyl (C=O) groups is 2. The van der Waals surface area contributed by atoms with Crippen LogP contribution in [0.15, 0.2) is 42.6 Å². The average molecular weight is 396 g/mol. The first-order valence-corrected chi connectivity index (χ1v) is 9.79. The Balaban J connectivity index is 1.74. The molecule has 1 aromatic heterocycles. The van der Waals surface area contributed by atoms with Crippen molar-refractivity contribution in [3.05, 3.63) is 53.9 Å². The number of nitrogens with one attached hydrogen (secondary N) is 2. The van der Waals surface area contributed by atoms with Crippen LogP contribution in [0.25, 0.3) is 0 Å². The number of carbonyl (C=O) groups excluding carboxylic acids is 2. The van der Waals surface area contributed by atoms with Gasteiger partial charge in [0.1, 0.15) is 11.2 Å². The van der Waals surface area contributed by atoms with Crippen molar-refractivity contribution in [3.8, 4) is 5.75 Å². The Hall–Kier alpha value is -2.93. The summed E-state index contributed by atoms with van der Waals surface area (Å²) in [6, 6.07) is 11.2. The molecular formula is C22H28N4O3. The van der Waals surface area contributed by atoms with Gasteiger partial charge in [-0.25, -0.2) is 0 Å². The summed E-state index contributed by atoms with van der Waals surface area (Å²) >= 11 is 0. The van der Waals surface area contributed by atoms with Crippen molar-refractivity contribution in [1.82, 2.24) is 15.2 Å². The summed E-state index contributed by atoms with van der Waals surface area (Å²) in [5, 5.41) is 5.75. The number of likely N-dealkylation sites (N-methyl/N-ethyl adjacent to an activating group) is 1. The molecule has 1 saturated heterocycles. The quantitative estimate of drug-likeness (QED) is 0.781. The largest absolute Gasteiger partial charge is 0.497 e. The molecule has 0 spiro atoms. The SMILES string of the molecule is CNC(=O)[C@@]1(c2ccccn2)CCCN(CC(=O)Nc2cc(OC)ccc2C)C1. The molecule has 0 unspecified atom stereocenters. The average Bonchev–Trinajstić information content (AvgIpc) is 2.75. The van der Waals surface area contributed by atoms with Crippen LogP contribution in [0, 0.1) is 6.92 Å². The molecule has 154 valence electrons. The lowest BCUT2D eigenvalue weighted by atomic mass is 9.75. The first kappa shape index (κ1) is 20.8. The van der Waals surface area contributed by atoms with E-state index in [1.807, 2.05) is 48.2 Å². The van der Waals surface area contributed by atoms with E-state index in [1.54, 1.807) is 20.4 Å². The van der Waals surface area contributed by atoms with Gasteiger partial charge in [0.2, 0.25) is 11.8 Å². The van der Waals surface area contributed by atoms with E-state index in [2.05, 4.69) is 15.6 Å². The van der Waals surface area contributed by atoms with Crippen LogP contribution in [0.4, 0.5) is 5.69 Å². The molecular weight excluding hydrogens is 368 g/mol. The summed E-state index contributed by atoms with van der Waals surface area (Å²) < 4.78 is 5.24. The third kappa shape index (κ3) is 4.56. The summed E-state index contributed by atoms with van der Waals surface area (Å²) in [6.07, 6.45) is 3.23. The van der Waals surface area contributed by atoms with Gasteiger partial charge in [-0.1, -0.05) is 12.1 Å². The minimum absolute atomic E-state index is 0.0649. The maximum Gasteiger partial charge on any atom is 0.238 e. The smallest absolute Gasteiger partial charge is 0.238 e. The molecule has 2 N–H and O–H groups in total. The number of aromatic nitrogens is 1. The molecule has 7 nitrogen and oxygen atoms in total. The third-order valence-corrected chi connectivity index (χ3v) is 5.47. The molecule has 1 fully saturated rings. The predicted molar refractivity (Wildman–Crippen MR) is 112 cm³/mol. The molecule has 2 amide bonds. The number of piperidine rings is 1. The van der Waals surface area contributed by atoms with Crippen LogP contribution >= 0.6 is 0 Å². The van der Waals surface area contributed by atoms with Gasteiger partial charge in [0.05, 0.1) is 19.3 Å². The topological polar surface area (TPSA) is 83.6 Å². The van der Waals surface area contributed by atoms with Gasteiger partial charge in [0.25, 0.3) is 0 Å². The van der Waals surface area contributed by atoms with Crippen LogP contribution < -0.4 is 15.4 Å². The molecule has 7 heteroatoms. The summed E-state index contributed by atoms with van der Waals surface area (Å²) in [5.74, 6) is 0.512. The summed E-state index contributed by atoms with van der Waals surface area (Å²) in [4.78, 5) is 32.0. The predicted octanol–water partition coefficient (Wildman–Crippen LogP) is 2.12. The number of benzene rings is 1. The molecule has 1 atom stereocenters. The number of aryl methyl sites for hydroxylation is 1. The van der Waals surface area contributed by atoms with Crippen LogP contribution in [0.2, 0.25) is 0 Å². The maximum absolute atomic E-state index is 12.8. The molecule has 2 aromatic rings. The van der Waals surface area contributed by atoms with Crippen molar-refractivity contribution < 1.29 is 14.3 Å². The summed E-state index contributed by atoms with van der Waals surface area (Å²) in [5.41, 5.74) is 1.69. The van der Waals surface area contributed by atoms with Gasteiger partial charge in [-0.05, 0) is 50.1 Å². The van der Waals surface area contributed by atoms with Crippen molar-refractivity contribution >= 4 is 17.5 Å². The Morgan fingerprint density at radius 3 is 2.79 bits per heavy atom. The minimum atomic E-state index is -0.750. The van der Waals surface area contributed by atoms with E-state index in [4.69, 9.17) is 4.74 Å². The highest BCUT2D eigenvalue weighted by molar-refractivity contribution is 5.93. The number of amides is 2. The van der Waals surface area contributed by atoms with E-state index in [1.165, 1.54) is 0 Å². The Labute approximate surface area is 171 Å². The number of ether oxygens (including phenoxy) is 1. The van der Waals surface area contributed by atoms with Crippen LogP contribution in [-0.2, 0) is 15.0 Å². The van der Waals surface area contributed by atoms with Crippen molar-refractivity contribution in [3.63, 3.8) is 0 Å². The highest BCUT2D eigenvalue weighted by atomic mass is 16.5. The number of likely N-dealkylation sites (tertiary alicyclic amines) is 1. The highest BCUT2D eigenvalue weighted by Crippen LogP contribution is 2.33. The fourth-order valence-corrected chi connectivity index (χ4v) is 3.93. The highest BCUT2D eigenvalue weighted by Gasteiger charge is 2.44. The Bertz CT molecular complexity index is 872. The monoisotopic (exact) mass is 396 g/mol. The van der Waals surface area contributed by atoms with Crippen molar-refractivity contribution in [2.24, 2.45) is 0 Å². The minimum Gasteiger partial charge on any atom is -0.497 e. The Morgan fingerprint density at radius 2 is 2.10 bits per heavy atom. The lowest BCUT2D eigenvalue weighted by Gasteiger charge is -2.40. The Morgan fingerprint density at radius 1 is 1.28 bits per heavy atom. The lowest BCUT2D eigenvalue weighted by Crippen LogP contribution is -2.55. The van der Waals surface area contributed by atoms with Crippen LogP contribution in [0.5, 0.6) is 5.75 Å². The van der Waals surface area contributed by atoms with Crippen LogP contribution in [-0.4, -0.2) is 55.5 Å². The van der Waals surface area contributed by atoms with Gasteiger partial charge in [0.15, 0.2) is 0 Å². The van der Waals surface area contributed by atoms with Crippen molar-refractivity contribution in [1.29, 1.82) is 0 Å². The fourth-order valence-electron chi connectivity index (χ4n) is 3.93. The Kier molecular flexibility index (Phi) is 6.49. The van der Waals surface area contributed by atoms with E-state index in [0.29, 0.717) is 18.7 Å². The molecule has 29 heavy (non-hydrogen) atoms. The molecule has 1 aliphatic rings. The zero-order chi connectivity index (χ0) is 20.9. The van der Waals surface area contributed by atoms with Crippen LogP contribution in [0.1, 0.15) is 24.1 Å². The first-order valence-electron chi connectivity index (χ1n) is 9.79. The summed E-state index contributed by atoms with van der Waals surface area (Å²) in [7, 11) is 3.24. The second-order valence-electron chi connectivity index (χ2n) is 7.42. The molecule has 0 radical (unpaired) electrons. The van der Waals surface area contributed by atoms with Gasteiger partial charge in [-0.3, -0.25) is 19.5 Å². The second-order valence-corrected chi connectivity index (χ2v) is 7.42. The second kappa shape index (κ2) is 9.05. The van der Waals surface area contributed by atoms with E-state index in [0.717, 1.165) is 29.9 Å². The normalized spacial score (nSPS) is 19.4. The van der Waals surface area contributed by atoms with Gasteiger partial charge in [-0.2, -0.15) is 0 Å². The third-order valence-electron chi connectivity index (χ3n) is 5.47. The van der Waals surface area contributed by atoms with E-state index in [9.17, 15) is 9.59 Å². The number of rotatable bonds is 6. The zero-order valence-electron chi connectivity index (χ0n) is 17.2. The van der Waals surface area contributed by atoms with E-state index >= 15 is 0 Å². The number of anilines is 1. The van der Waals surface area contributed by atoms with Crippen molar-refractivity contribution in [2.75, 3.05) is 39.1 Å². The molecule has 2 heterocycles. The molecule has 0 saturated carbocycles. The lowest BCUT2D eigenvalue weighted by molar-refractivity contribution is -0.130. The molecule has 0 bridgehead atoms. The number of pyridine rings is 1. The standard InChI is InChI=1S/C22H28N4O3/c1-16-8-9-17(29-3)13-18(16)25-20(27)14-26-12-6-10-22(15-26,21(28)23-2)19-7-4-5-11-24-19/h4-5,7-9,11,13H,6,10,12,14-15H2,1-3H3,(H,23,28)(H,25,27)/t22-/m0/s1. The molecule has 3 rings (SSSR count). The number of methoxy groups -OCH3 is 1. The fraction of sp³-hybridized carbons (Fsp3) is 0.409. The number of hydrogen-bond acceptors (Lipinski definition) is 5. The summed E-state index contributed by atoms with van der Waals surface area (Å²) in [6.45, 7) is 3.36. The number of nitrogens with zero attached hydrogens (tertiary/aromatic N) is 2. The van der Waals surface area contributed by atoms with E-state index in [-0.39, 0.29) is 18.4 Å². The number of hydrogen-bond donors (Lipinski definition) is 2. The van der Waals surface area contributed by atoms with Crippen LogP contribution in [0.3, 0.4) is 0 Å².